The van der Waals surface area contributed by atoms with Crippen molar-refractivity contribution in [2.24, 2.45) is 0 Å². The van der Waals surface area contributed by atoms with Crippen LogP contribution in [-0.2, 0) is 36.5 Å². The third kappa shape index (κ3) is 5.84. The number of likely N-dealkylation sites (tertiary alicyclic amines) is 1. The van der Waals surface area contributed by atoms with Gasteiger partial charge in [0, 0.05) is 38.6 Å². The molecular weight excluding hydrogens is 469 g/mol. The van der Waals surface area contributed by atoms with Crippen molar-refractivity contribution in [1.29, 1.82) is 0 Å². The molecule has 186 valence electrons. The first-order valence-corrected chi connectivity index (χ1v) is 12.4. The average molecular weight is 497 g/mol. The number of sulfonamides is 1. The van der Waals surface area contributed by atoms with Crippen LogP contribution in [0.2, 0.25) is 0 Å². The van der Waals surface area contributed by atoms with Gasteiger partial charge in [-0.3, -0.25) is 4.79 Å². The van der Waals surface area contributed by atoms with Crippen LogP contribution in [0.25, 0.3) is 0 Å². The molecule has 14 heteroatoms. The molecule has 0 saturated carbocycles. The summed E-state index contributed by atoms with van der Waals surface area (Å²) in [5, 5.41) is 7.12. The predicted octanol–water partition coefficient (Wildman–Crippen LogP) is 1.18. The standard InChI is InChI=1S/C17H26N4O4S.C2HF3O2/c1-26(23,24)21-10-5-17(6-11-21)16-18-7-12-20(16)13-14(25-17)15(22)19-8-3-2-4-9-19;3-2(4,5)1(6)7/h7,12,14H,2-6,8-11,13H2,1H3;(H,6,7). The number of hydrogen-bond donors (Lipinski definition) is 1. The number of amides is 1. The molecule has 4 heterocycles. The average Bonchev–Trinajstić information content (AvgIpc) is 3.23. The highest BCUT2D eigenvalue weighted by molar-refractivity contribution is 7.88. The van der Waals surface area contributed by atoms with Gasteiger partial charge in [-0.05, 0) is 32.1 Å². The fraction of sp³-hybridized carbons (Fsp3) is 0.737. The lowest BCUT2D eigenvalue weighted by Gasteiger charge is -2.45. The number of hydrogen-bond acceptors (Lipinski definition) is 6. The van der Waals surface area contributed by atoms with Gasteiger partial charge in [0.25, 0.3) is 5.91 Å². The summed E-state index contributed by atoms with van der Waals surface area (Å²) in [6, 6.07) is 0. The van der Waals surface area contributed by atoms with Crippen LogP contribution >= 0.6 is 0 Å². The molecule has 0 aromatic carbocycles. The molecule has 33 heavy (non-hydrogen) atoms. The van der Waals surface area contributed by atoms with Crippen LogP contribution in [0.3, 0.4) is 0 Å². The number of imidazole rings is 1. The van der Waals surface area contributed by atoms with E-state index in [4.69, 9.17) is 14.6 Å². The van der Waals surface area contributed by atoms with Gasteiger partial charge in [-0.15, -0.1) is 0 Å². The van der Waals surface area contributed by atoms with Gasteiger partial charge in [-0.2, -0.15) is 13.2 Å². The van der Waals surface area contributed by atoms with Gasteiger partial charge in [-0.25, -0.2) is 22.5 Å². The number of aromatic nitrogens is 2. The number of ether oxygens (including phenoxy) is 1. The Bertz CT molecular complexity index is 966. The fourth-order valence-corrected chi connectivity index (χ4v) is 5.21. The van der Waals surface area contributed by atoms with Crippen molar-refractivity contribution in [2.75, 3.05) is 32.4 Å². The van der Waals surface area contributed by atoms with E-state index in [0.29, 0.717) is 32.5 Å². The Morgan fingerprint density at radius 2 is 1.73 bits per heavy atom. The van der Waals surface area contributed by atoms with E-state index in [1.807, 2.05) is 15.7 Å². The minimum Gasteiger partial charge on any atom is -0.475 e. The van der Waals surface area contributed by atoms with Crippen molar-refractivity contribution >= 4 is 21.9 Å². The third-order valence-electron chi connectivity index (χ3n) is 6.04. The van der Waals surface area contributed by atoms with Crippen LogP contribution < -0.4 is 0 Å². The van der Waals surface area contributed by atoms with E-state index in [0.717, 1.165) is 31.8 Å². The number of carboxylic acid groups (broad SMARTS) is 1. The lowest BCUT2D eigenvalue weighted by Crippen LogP contribution is -2.55. The maximum atomic E-state index is 13.0. The summed E-state index contributed by atoms with van der Waals surface area (Å²) in [5.41, 5.74) is -0.681. The van der Waals surface area contributed by atoms with Gasteiger partial charge in [-0.1, -0.05) is 0 Å². The Morgan fingerprint density at radius 1 is 1.15 bits per heavy atom. The molecule has 2 saturated heterocycles. The minimum absolute atomic E-state index is 0.0500. The Morgan fingerprint density at radius 3 is 2.24 bits per heavy atom. The van der Waals surface area contributed by atoms with Gasteiger partial charge in [0.05, 0.1) is 12.8 Å². The Labute approximate surface area is 189 Å². The zero-order valence-electron chi connectivity index (χ0n) is 18.1. The number of piperidine rings is 2. The summed E-state index contributed by atoms with van der Waals surface area (Å²) in [7, 11) is -3.22. The SMILES string of the molecule is CS(=O)(=O)N1CCC2(CC1)OC(C(=O)N1CCCCC1)Cn1ccnc12.O=C(O)C(F)(F)F. The summed E-state index contributed by atoms with van der Waals surface area (Å²) >= 11 is 0. The quantitative estimate of drug-likeness (QED) is 0.652. The number of carbonyl (C=O) groups is 2. The zero-order chi connectivity index (χ0) is 24.4. The molecule has 1 unspecified atom stereocenters. The van der Waals surface area contributed by atoms with Crippen molar-refractivity contribution in [3.05, 3.63) is 18.2 Å². The van der Waals surface area contributed by atoms with Crippen molar-refractivity contribution < 1.29 is 41.0 Å². The monoisotopic (exact) mass is 496 g/mol. The molecule has 1 aromatic heterocycles. The van der Waals surface area contributed by atoms with E-state index < -0.39 is 33.9 Å². The largest absolute Gasteiger partial charge is 0.490 e. The second-order valence-electron chi connectivity index (χ2n) is 8.35. The third-order valence-corrected chi connectivity index (χ3v) is 7.34. The molecule has 4 rings (SSSR count). The minimum atomic E-state index is -5.08. The molecule has 1 spiro atoms. The van der Waals surface area contributed by atoms with Gasteiger partial charge in [0.1, 0.15) is 11.4 Å². The molecule has 0 radical (unpaired) electrons. The van der Waals surface area contributed by atoms with Crippen LogP contribution in [0.4, 0.5) is 13.2 Å². The Balaban J connectivity index is 0.000000383. The lowest BCUT2D eigenvalue weighted by molar-refractivity contribution is -0.192. The van der Waals surface area contributed by atoms with Crippen LogP contribution in [-0.4, -0.2) is 88.9 Å². The number of nitrogens with zero attached hydrogens (tertiary/aromatic N) is 4. The normalized spacial score (nSPS) is 23.4. The first-order valence-electron chi connectivity index (χ1n) is 10.6. The Hall–Kier alpha value is -2.19. The number of carbonyl (C=O) groups excluding carboxylic acids is 1. The van der Waals surface area contributed by atoms with Gasteiger partial charge in [0.15, 0.2) is 6.10 Å². The lowest BCUT2D eigenvalue weighted by atomic mass is 9.89. The van der Waals surface area contributed by atoms with Gasteiger partial charge in [0.2, 0.25) is 10.0 Å². The highest BCUT2D eigenvalue weighted by atomic mass is 32.2. The molecule has 3 aliphatic heterocycles. The van der Waals surface area contributed by atoms with Crippen molar-refractivity contribution in [3.8, 4) is 0 Å². The van der Waals surface area contributed by atoms with Gasteiger partial charge < -0.3 is 19.3 Å². The van der Waals surface area contributed by atoms with E-state index in [2.05, 4.69) is 4.98 Å². The van der Waals surface area contributed by atoms with E-state index in [1.54, 1.807) is 6.20 Å². The number of rotatable bonds is 2. The smallest absolute Gasteiger partial charge is 0.475 e. The maximum Gasteiger partial charge on any atom is 0.490 e. The van der Waals surface area contributed by atoms with E-state index >= 15 is 0 Å². The van der Waals surface area contributed by atoms with Crippen molar-refractivity contribution in [3.63, 3.8) is 0 Å². The second kappa shape index (κ2) is 9.58. The zero-order valence-corrected chi connectivity index (χ0v) is 18.9. The summed E-state index contributed by atoms with van der Waals surface area (Å²) in [4.78, 5) is 28.3. The second-order valence-corrected chi connectivity index (χ2v) is 10.3. The maximum absolute atomic E-state index is 13.0. The first kappa shape index (κ1) is 25.4. The molecule has 3 aliphatic rings. The first-order chi connectivity index (χ1) is 15.3. The number of carboxylic acids is 1. The molecule has 1 atom stereocenters. The van der Waals surface area contributed by atoms with Crippen LogP contribution in [0.5, 0.6) is 0 Å². The summed E-state index contributed by atoms with van der Waals surface area (Å²) in [6.45, 7) is 2.84. The van der Waals surface area contributed by atoms with Crippen LogP contribution in [0.1, 0.15) is 37.9 Å². The highest BCUT2D eigenvalue weighted by Crippen LogP contribution is 2.40. The summed E-state index contributed by atoms with van der Waals surface area (Å²) in [5.74, 6) is -1.89. The molecule has 2 fully saturated rings. The molecule has 1 N–H and O–H groups in total. The van der Waals surface area contributed by atoms with E-state index in [9.17, 15) is 26.4 Å². The molecule has 1 amide bonds. The summed E-state index contributed by atoms with van der Waals surface area (Å²) < 4.78 is 65.3. The molecular formula is C19H27F3N4O6S. The molecule has 0 aliphatic carbocycles. The van der Waals surface area contributed by atoms with Crippen molar-refractivity contribution in [2.45, 2.75) is 56.5 Å². The predicted molar refractivity (Wildman–Crippen MR) is 109 cm³/mol. The molecule has 10 nitrogen and oxygen atoms in total. The van der Waals surface area contributed by atoms with Crippen molar-refractivity contribution in [1.82, 2.24) is 18.8 Å². The number of halogens is 3. The number of fused-ring (bicyclic) bond motifs is 2. The van der Waals surface area contributed by atoms with Crippen LogP contribution in [0.15, 0.2) is 12.4 Å². The highest BCUT2D eigenvalue weighted by Gasteiger charge is 2.48. The number of aliphatic carboxylic acids is 1. The molecule has 0 bridgehead atoms. The number of alkyl halides is 3. The molecule has 1 aromatic rings. The topological polar surface area (TPSA) is 122 Å². The Kier molecular flexibility index (Phi) is 7.39. The van der Waals surface area contributed by atoms with E-state index in [-0.39, 0.29) is 5.91 Å². The van der Waals surface area contributed by atoms with E-state index in [1.165, 1.54) is 17.0 Å². The fourth-order valence-electron chi connectivity index (χ4n) is 4.36. The summed E-state index contributed by atoms with van der Waals surface area (Å²) in [6.07, 6.45) is 3.53. The van der Waals surface area contributed by atoms with Crippen LogP contribution in [0, 0.1) is 0 Å². The van der Waals surface area contributed by atoms with Gasteiger partial charge >= 0.3 is 12.1 Å².